The van der Waals surface area contributed by atoms with E-state index in [4.69, 9.17) is 14.9 Å². The molecule has 7 nitrogen and oxygen atoms in total. The summed E-state index contributed by atoms with van der Waals surface area (Å²) in [7, 11) is 0. The van der Waals surface area contributed by atoms with Crippen molar-refractivity contribution in [1.29, 1.82) is 0 Å². The highest BCUT2D eigenvalue weighted by Crippen LogP contribution is 2.20. The molecular formula is C15H17N3O4. The van der Waals surface area contributed by atoms with Gasteiger partial charge in [0.05, 0.1) is 18.2 Å². The minimum absolute atomic E-state index is 0.00680. The van der Waals surface area contributed by atoms with Crippen LogP contribution in [0.25, 0.3) is 10.9 Å². The van der Waals surface area contributed by atoms with E-state index in [1.165, 1.54) is 6.07 Å². The lowest BCUT2D eigenvalue weighted by atomic mass is 10.0. The van der Waals surface area contributed by atoms with Crippen LogP contribution in [-0.4, -0.2) is 51.5 Å². The Morgan fingerprint density at radius 2 is 2.32 bits per heavy atom. The Bertz CT molecular complexity index is 692. The molecule has 3 rings (SSSR count). The van der Waals surface area contributed by atoms with Gasteiger partial charge >= 0.3 is 5.97 Å². The van der Waals surface area contributed by atoms with Crippen molar-refractivity contribution >= 4 is 22.7 Å². The van der Waals surface area contributed by atoms with E-state index in [-0.39, 0.29) is 24.4 Å². The smallest absolute Gasteiger partial charge is 0.354 e. The molecule has 0 aliphatic carbocycles. The number of hydrogen-bond donors (Lipinski definition) is 3. The third kappa shape index (κ3) is 3.15. The zero-order valence-corrected chi connectivity index (χ0v) is 11.9. The van der Waals surface area contributed by atoms with E-state index >= 15 is 0 Å². The molecule has 0 unspecified atom stereocenters. The zero-order valence-electron chi connectivity index (χ0n) is 11.9. The Morgan fingerprint density at radius 3 is 3.09 bits per heavy atom. The Morgan fingerprint density at radius 1 is 1.45 bits per heavy atom. The Balaban J connectivity index is 1.80. The molecule has 22 heavy (non-hydrogen) atoms. The topological polar surface area (TPSA) is 105 Å². The van der Waals surface area contributed by atoms with Gasteiger partial charge in [-0.3, -0.25) is 0 Å². The van der Waals surface area contributed by atoms with Crippen molar-refractivity contribution in [2.24, 2.45) is 0 Å². The van der Waals surface area contributed by atoms with Crippen molar-refractivity contribution in [2.45, 2.75) is 25.0 Å². The second-order valence-electron chi connectivity index (χ2n) is 5.30. The number of aliphatic hydroxyl groups excluding tert-OH is 1. The summed E-state index contributed by atoms with van der Waals surface area (Å²) < 4.78 is 5.42. The first kappa shape index (κ1) is 14.7. The fraction of sp³-hybridized carbons (Fsp3) is 0.400. The lowest BCUT2D eigenvalue weighted by Crippen LogP contribution is -2.36. The minimum Gasteiger partial charge on any atom is -0.477 e. The van der Waals surface area contributed by atoms with Crippen molar-refractivity contribution in [3.63, 3.8) is 0 Å². The summed E-state index contributed by atoms with van der Waals surface area (Å²) in [5.74, 6) is -0.408. The first-order valence-corrected chi connectivity index (χ1v) is 7.15. The van der Waals surface area contributed by atoms with Gasteiger partial charge in [0.15, 0.2) is 0 Å². The molecule has 0 aromatic carbocycles. The first-order chi connectivity index (χ1) is 10.7. The number of aromatic carboxylic acids is 1. The molecule has 2 atom stereocenters. The summed E-state index contributed by atoms with van der Waals surface area (Å²) in [6.07, 6.45) is 3.06. The molecule has 0 saturated carbocycles. The van der Waals surface area contributed by atoms with Crippen molar-refractivity contribution in [3.8, 4) is 0 Å². The lowest BCUT2D eigenvalue weighted by molar-refractivity contribution is -0.0213. The maximum absolute atomic E-state index is 11.0. The molecule has 1 fully saturated rings. The van der Waals surface area contributed by atoms with Gasteiger partial charge < -0.3 is 20.3 Å². The number of carboxylic acids is 1. The van der Waals surface area contributed by atoms with Crippen molar-refractivity contribution < 1.29 is 19.7 Å². The number of rotatable bonds is 4. The van der Waals surface area contributed by atoms with Crippen molar-refractivity contribution in [3.05, 3.63) is 30.1 Å². The molecule has 2 aromatic rings. The van der Waals surface area contributed by atoms with Crippen molar-refractivity contribution in [2.75, 3.05) is 18.5 Å². The quantitative estimate of drug-likeness (QED) is 0.781. The molecule has 116 valence electrons. The maximum atomic E-state index is 11.0. The number of anilines is 1. The van der Waals surface area contributed by atoms with Crippen LogP contribution in [0.15, 0.2) is 24.4 Å². The predicted molar refractivity (Wildman–Crippen MR) is 80.0 cm³/mol. The molecule has 1 saturated heterocycles. The van der Waals surface area contributed by atoms with Crippen LogP contribution >= 0.6 is 0 Å². The average Bonchev–Trinajstić information content (AvgIpc) is 2.54. The maximum Gasteiger partial charge on any atom is 0.354 e. The van der Waals surface area contributed by atoms with Gasteiger partial charge in [-0.2, -0.15) is 0 Å². The van der Waals surface area contributed by atoms with E-state index in [1.807, 2.05) is 0 Å². The van der Waals surface area contributed by atoms with Gasteiger partial charge in [0, 0.05) is 30.3 Å². The number of carbonyl (C=O) groups is 1. The minimum atomic E-state index is -1.05. The van der Waals surface area contributed by atoms with Gasteiger partial charge in [0.1, 0.15) is 11.5 Å². The largest absolute Gasteiger partial charge is 0.477 e. The highest BCUT2D eigenvalue weighted by molar-refractivity contribution is 5.90. The molecule has 1 aliphatic rings. The highest BCUT2D eigenvalue weighted by Gasteiger charge is 2.22. The summed E-state index contributed by atoms with van der Waals surface area (Å²) >= 11 is 0. The van der Waals surface area contributed by atoms with Crippen LogP contribution in [0.3, 0.4) is 0 Å². The summed E-state index contributed by atoms with van der Waals surface area (Å²) in [5, 5.41) is 22.2. The molecule has 3 heterocycles. The molecule has 0 spiro atoms. The van der Waals surface area contributed by atoms with Gasteiger partial charge in [-0.1, -0.05) is 0 Å². The fourth-order valence-electron chi connectivity index (χ4n) is 2.56. The fourth-order valence-corrected chi connectivity index (χ4v) is 2.56. The monoisotopic (exact) mass is 303 g/mol. The number of ether oxygens (including phenoxy) is 1. The molecule has 7 heteroatoms. The standard InChI is InChI=1S/C15H17N3O4/c19-8-11-5-10(3-4-22-11)17-14-6-13-9(7-16-14)1-2-12(18-13)15(20)21/h1-2,6-7,10-11,19H,3-5,8H2,(H,16,17)(H,20,21)/t10-,11+/m1/s1. The number of nitrogens with one attached hydrogen (secondary N) is 1. The zero-order chi connectivity index (χ0) is 15.5. The third-order valence-corrected chi connectivity index (χ3v) is 3.72. The van der Waals surface area contributed by atoms with Gasteiger partial charge in [-0.15, -0.1) is 0 Å². The molecule has 0 amide bonds. The van der Waals surface area contributed by atoms with Gasteiger partial charge in [0.25, 0.3) is 0 Å². The second kappa shape index (κ2) is 6.25. The van der Waals surface area contributed by atoms with Crippen LogP contribution in [0.1, 0.15) is 23.3 Å². The number of carboxylic acid groups (broad SMARTS) is 1. The normalized spacial score (nSPS) is 21.7. The molecule has 0 bridgehead atoms. The first-order valence-electron chi connectivity index (χ1n) is 7.15. The Hall–Kier alpha value is -2.25. The summed E-state index contributed by atoms with van der Waals surface area (Å²) in [4.78, 5) is 19.4. The highest BCUT2D eigenvalue weighted by atomic mass is 16.5. The van der Waals surface area contributed by atoms with E-state index in [1.54, 1.807) is 18.3 Å². The summed E-state index contributed by atoms with van der Waals surface area (Å²) in [6, 6.07) is 5.06. The number of aromatic nitrogens is 2. The SMILES string of the molecule is O=C(O)c1ccc2cnc(N[C@@H]3CCO[C@H](CO)C3)cc2n1. The van der Waals surface area contributed by atoms with Gasteiger partial charge in [0.2, 0.25) is 0 Å². The third-order valence-electron chi connectivity index (χ3n) is 3.72. The lowest BCUT2D eigenvalue weighted by Gasteiger charge is -2.29. The van der Waals surface area contributed by atoms with E-state index in [0.717, 1.165) is 11.8 Å². The molecular weight excluding hydrogens is 286 g/mol. The Labute approximate surface area is 127 Å². The molecule has 0 radical (unpaired) electrons. The second-order valence-corrected chi connectivity index (χ2v) is 5.30. The average molecular weight is 303 g/mol. The molecule has 2 aromatic heterocycles. The van der Waals surface area contributed by atoms with Crippen LogP contribution in [0.5, 0.6) is 0 Å². The summed E-state index contributed by atoms with van der Waals surface area (Å²) in [6.45, 7) is 0.602. The van der Waals surface area contributed by atoms with E-state index in [0.29, 0.717) is 24.4 Å². The van der Waals surface area contributed by atoms with E-state index in [9.17, 15) is 4.79 Å². The number of fused-ring (bicyclic) bond motifs is 1. The van der Waals surface area contributed by atoms with Crippen molar-refractivity contribution in [1.82, 2.24) is 9.97 Å². The van der Waals surface area contributed by atoms with Gasteiger partial charge in [-0.25, -0.2) is 14.8 Å². The van der Waals surface area contributed by atoms with Crippen LogP contribution in [0.4, 0.5) is 5.82 Å². The van der Waals surface area contributed by atoms with Crippen LogP contribution < -0.4 is 5.32 Å². The number of aliphatic hydroxyl groups is 1. The van der Waals surface area contributed by atoms with Crippen LogP contribution in [-0.2, 0) is 4.74 Å². The van der Waals surface area contributed by atoms with E-state index in [2.05, 4.69) is 15.3 Å². The number of hydrogen-bond acceptors (Lipinski definition) is 6. The molecule has 1 aliphatic heterocycles. The molecule has 3 N–H and O–H groups in total. The predicted octanol–water partition coefficient (Wildman–Crippen LogP) is 1.28. The van der Waals surface area contributed by atoms with E-state index < -0.39 is 5.97 Å². The van der Waals surface area contributed by atoms with Gasteiger partial charge in [-0.05, 0) is 25.0 Å². The summed E-state index contributed by atoms with van der Waals surface area (Å²) in [5.41, 5.74) is 0.597. The number of pyridine rings is 2. The number of nitrogens with zero attached hydrogens (tertiary/aromatic N) is 2. The Kier molecular flexibility index (Phi) is 4.17. The van der Waals surface area contributed by atoms with Crippen LogP contribution in [0, 0.1) is 0 Å². The van der Waals surface area contributed by atoms with Crippen LogP contribution in [0.2, 0.25) is 0 Å².